The number of aromatic nitrogens is 2. The number of aryl methyl sites for hydroxylation is 2. The molecule has 0 aromatic carbocycles. The van der Waals surface area contributed by atoms with Crippen LogP contribution in [0.5, 0.6) is 0 Å². The number of hydrogen-bond donors (Lipinski definition) is 1. The summed E-state index contributed by atoms with van der Waals surface area (Å²) >= 11 is 0. The first-order valence-corrected chi connectivity index (χ1v) is 6.78. The van der Waals surface area contributed by atoms with E-state index in [1.54, 1.807) is 0 Å². The van der Waals surface area contributed by atoms with Gasteiger partial charge in [-0.05, 0) is 44.7 Å². The van der Waals surface area contributed by atoms with E-state index in [0.29, 0.717) is 6.04 Å². The van der Waals surface area contributed by atoms with Crippen molar-refractivity contribution in [3.8, 4) is 0 Å². The van der Waals surface area contributed by atoms with E-state index in [1.165, 1.54) is 30.7 Å². The zero-order valence-electron chi connectivity index (χ0n) is 12.0. The average molecular weight is 237 g/mol. The molecule has 0 saturated carbocycles. The highest BCUT2D eigenvalue weighted by Gasteiger charge is 2.15. The van der Waals surface area contributed by atoms with Crippen LogP contribution in [-0.2, 0) is 7.05 Å². The lowest BCUT2D eigenvalue weighted by Gasteiger charge is -2.17. The van der Waals surface area contributed by atoms with Crippen LogP contribution >= 0.6 is 0 Å². The van der Waals surface area contributed by atoms with Crippen molar-refractivity contribution in [1.82, 2.24) is 15.1 Å². The first-order valence-electron chi connectivity index (χ1n) is 6.78. The maximum absolute atomic E-state index is 4.60. The fraction of sp³-hybridized carbons (Fsp3) is 0.786. The highest BCUT2D eigenvalue weighted by Crippen LogP contribution is 2.20. The monoisotopic (exact) mass is 237 g/mol. The van der Waals surface area contributed by atoms with Crippen molar-refractivity contribution in [1.29, 1.82) is 0 Å². The third-order valence-electron chi connectivity index (χ3n) is 3.16. The van der Waals surface area contributed by atoms with Crippen LogP contribution in [0.15, 0.2) is 6.07 Å². The predicted molar refractivity (Wildman–Crippen MR) is 73.1 cm³/mol. The summed E-state index contributed by atoms with van der Waals surface area (Å²) in [4.78, 5) is 0. The first kappa shape index (κ1) is 14.2. The third-order valence-corrected chi connectivity index (χ3v) is 3.16. The summed E-state index contributed by atoms with van der Waals surface area (Å²) in [7, 11) is 2.01. The molecule has 0 fully saturated rings. The van der Waals surface area contributed by atoms with Crippen molar-refractivity contribution in [2.75, 3.05) is 6.54 Å². The van der Waals surface area contributed by atoms with E-state index in [-0.39, 0.29) is 0 Å². The minimum absolute atomic E-state index is 0.414. The second-order valence-electron chi connectivity index (χ2n) is 5.31. The highest BCUT2D eigenvalue weighted by molar-refractivity contribution is 5.12. The van der Waals surface area contributed by atoms with Crippen LogP contribution in [0.1, 0.15) is 57.5 Å². The summed E-state index contributed by atoms with van der Waals surface area (Å²) in [6.45, 7) is 9.94. The Morgan fingerprint density at radius 2 is 2.06 bits per heavy atom. The highest BCUT2D eigenvalue weighted by atomic mass is 15.3. The Balaban J connectivity index is 2.67. The summed E-state index contributed by atoms with van der Waals surface area (Å²) in [5.74, 6) is 0.755. The van der Waals surface area contributed by atoms with Gasteiger partial charge in [-0.2, -0.15) is 5.10 Å². The molecule has 1 unspecified atom stereocenters. The SMILES string of the molecule is CCCNC(CCC(C)C)c1cc(C)n(C)n1. The molecule has 1 atom stereocenters. The van der Waals surface area contributed by atoms with Crippen LogP contribution in [0.4, 0.5) is 0 Å². The van der Waals surface area contributed by atoms with Gasteiger partial charge in [0.1, 0.15) is 0 Å². The molecule has 0 radical (unpaired) electrons. The minimum Gasteiger partial charge on any atom is -0.309 e. The van der Waals surface area contributed by atoms with Gasteiger partial charge in [0.2, 0.25) is 0 Å². The molecule has 0 spiro atoms. The Morgan fingerprint density at radius 3 is 2.53 bits per heavy atom. The summed E-state index contributed by atoms with van der Waals surface area (Å²) in [5, 5.41) is 8.20. The molecule has 0 saturated heterocycles. The quantitative estimate of drug-likeness (QED) is 0.789. The Morgan fingerprint density at radius 1 is 1.35 bits per heavy atom. The zero-order valence-corrected chi connectivity index (χ0v) is 12.0. The molecule has 1 N–H and O–H groups in total. The molecule has 0 aliphatic carbocycles. The lowest BCUT2D eigenvalue weighted by atomic mass is 10.0. The second-order valence-corrected chi connectivity index (χ2v) is 5.31. The summed E-state index contributed by atoms with van der Waals surface area (Å²) in [6, 6.07) is 2.62. The normalized spacial score (nSPS) is 13.3. The summed E-state index contributed by atoms with van der Waals surface area (Å²) in [6.07, 6.45) is 3.59. The lowest BCUT2D eigenvalue weighted by molar-refractivity contribution is 0.431. The Bertz CT molecular complexity index is 309. The largest absolute Gasteiger partial charge is 0.309 e. The molecule has 17 heavy (non-hydrogen) atoms. The van der Waals surface area contributed by atoms with Gasteiger partial charge in [-0.15, -0.1) is 0 Å². The third kappa shape index (κ3) is 4.50. The molecular weight excluding hydrogens is 210 g/mol. The molecule has 1 aromatic heterocycles. The van der Waals surface area contributed by atoms with Crippen LogP contribution in [0, 0.1) is 12.8 Å². The van der Waals surface area contributed by atoms with Gasteiger partial charge in [0.05, 0.1) is 11.7 Å². The number of nitrogens with one attached hydrogen (secondary N) is 1. The second kappa shape index (κ2) is 6.80. The molecule has 3 heteroatoms. The van der Waals surface area contributed by atoms with Gasteiger partial charge in [-0.3, -0.25) is 4.68 Å². The van der Waals surface area contributed by atoms with E-state index >= 15 is 0 Å². The van der Waals surface area contributed by atoms with Gasteiger partial charge in [-0.1, -0.05) is 20.8 Å². The van der Waals surface area contributed by atoms with E-state index in [1.807, 2.05) is 11.7 Å². The van der Waals surface area contributed by atoms with Gasteiger partial charge in [-0.25, -0.2) is 0 Å². The minimum atomic E-state index is 0.414. The van der Waals surface area contributed by atoms with Crippen molar-refractivity contribution in [3.63, 3.8) is 0 Å². The predicted octanol–water partition coefficient (Wildman–Crippen LogP) is 3.21. The Kier molecular flexibility index (Phi) is 5.69. The van der Waals surface area contributed by atoms with Gasteiger partial charge < -0.3 is 5.32 Å². The van der Waals surface area contributed by atoms with E-state index in [0.717, 1.165) is 12.5 Å². The van der Waals surface area contributed by atoms with Crippen molar-refractivity contribution in [2.45, 2.75) is 53.0 Å². The van der Waals surface area contributed by atoms with E-state index < -0.39 is 0 Å². The number of nitrogens with zero attached hydrogens (tertiary/aromatic N) is 2. The molecule has 0 aliphatic rings. The van der Waals surface area contributed by atoms with Gasteiger partial charge in [0, 0.05) is 12.7 Å². The van der Waals surface area contributed by atoms with Crippen LogP contribution < -0.4 is 5.32 Å². The molecular formula is C14H27N3. The molecule has 98 valence electrons. The maximum atomic E-state index is 4.60. The molecule has 1 aromatic rings. The smallest absolute Gasteiger partial charge is 0.0796 e. The zero-order chi connectivity index (χ0) is 12.8. The maximum Gasteiger partial charge on any atom is 0.0796 e. The van der Waals surface area contributed by atoms with Crippen LogP contribution in [0.25, 0.3) is 0 Å². The van der Waals surface area contributed by atoms with E-state index in [2.05, 4.69) is 44.2 Å². The summed E-state index contributed by atoms with van der Waals surface area (Å²) in [5.41, 5.74) is 2.42. The Hall–Kier alpha value is -0.830. The van der Waals surface area contributed by atoms with Crippen molar-refractivity contribution in [3.05, 3.63) is 17.5 Å². The average Bonchev–Trinajstić information content (AvgIpc) is 2.59. The van der Waals surface area contributed by atoms with E-state index in [9.17, 15) is 0 Å². The topological polar surface area (TPSA) is 29.9 Å². The van der Waals surface area contributed by atoms with Crippen molar-refractivity contribution < 1.29 is 0 Å². The van der Waals surface area contributed by atoms with E-state index in [4.69, 9.17) is 0 Å². The van der Waals surface area contributed by atoms with Crippen LogP contribution in [0.2, 0.25) is 0 Å². The molecule has 0 aliphatic heterocycles. The number of hydrogen-bond acceptors (Lipinski definition) is 2. The van der Waals surface area contributed by atoms with Crippen molar-refractivity contribution >= 4 is 0 Å². The standard InChI is InChI=1S/C14H27N3/c1-6-9-15-13(8-7-11(2)3)14-10-12(4)17(5)16-14/h10-11,13,15H,6-9H2,1-5H3. The number of rotatable bonds is 7. The molecule has 1 heterocycles. The summed E-state index contributed by atoms with van der Waals surface area (Å²) < 4.78 is 1.96. The van der Waals surface area contributed by atoms with Gasteiger partial charge >= 0.3 is 0 Å². The van der Waals surface area contributed by atoms with Gasteiger partial charge in [0.25, 0.3) is 0 Å². The van der Waals surface area contributed by atoms with Crippen LogP contribution in [0.3, 0.4) is 0 Å². The fourth-order valence-corrected chi connectivity index (χ4v) is 1.93. The Labute approximate surface area is 106 Å². The lowest BCUT2D eigenvalue weighted by Crippen LogP contribution is -2.23. The molecule has 1 rings (SSSR count). The molecule has 0 bridgehead atoms. The van der Waals surface area contributed by atoms with Gasteiger partial charge in [0.15, 0.2) is 0 Å². The van der Waals surface area contributed by atoms with Crippen molar-refractivity contribution in [2.24, 2.45) is 13.0 Å². The van der Waals surface area contributed by atoms with Crippen LogP contribution in [-0.4, -0.2) is 16.3 Å². The first-order chi connectivity index (χ1) is 8.04. The fourth-order valence-electron chi connectivity index (χ4n) is 1.93. The molecule has 3 nitrogen and oxygen atoms in total. The molecule has 0 amide bonds.